The van der Waals surface area contributed by atoms with Crippen LogP contribution in [0.15, 0.2) is 0 Å². The minimum atomic E-state index is -1.44. The lowest BCUT2D eigenvalue weighted by atomic mass is 10.3. The van der Waals surface area contributed by atoms with Crippen LogP contribution in [0.3, 0.4) is 0 Å². The Hall–Kier alpha value is 0.427. The Bertz CT molecular complexity index is 136. The van der Waals surface area contributed by atoms with Gasteiger partial charge in [0.2, 0.25) is 0 Å². The van der Waals surface area contributed by atoms with Gasteiger partial charge in [-0.05, 0) is 19.6 Å². The average Bonchev–Trinajstić information content (AvgIpc) is 1.95. The molecule has 0 aliphatic heterocycles. The quantitative estimate of drug-likeness (QED) is 0.552. The van der Waals surface area contributed by atoms with Crippen LogP contribution >= 0.6 is 11.6 Å². The van der Waals surface area contributed by atoms with Crippen molar-refractivity contribution in [3.05, 3.63) is 0 Å². The average molecular weight is 224 g/mol. The molecule has 13 heavy (non-hydrogen) atoms. The van der Waals surface area contributed by atoms with E-state index in [0.29, 0.717) is 11.9 Å². The second-order valence-electron chi connectivity index (χ2n) is 4.57. The molecule has 0 fully saturated rings. The molecule has 0 amide bonds. The first-order valence-electron chi connectivity index (χ1n) is 4.82. The molecule has 0 aromatic heterocycles. The van der Waals surface area contributed by atoms with Gasteiger partial charge >= 0.3 is 0 Å². The molecule has 0 bridgehead atoms. The van der Waals surface area contributed by atoms with Gasteiger partial charge in [0.05, 0.1) is 6.10 Å². The Balaban J connectivity index is 3.76. The largest absolute Gasteiger partial charge is 0.412 e. The monoisotopic (exact) mass is 223 g/mol. The van der Waals surface area contributed by atoms with Gasteiger partial charge < -0.3 is 9.74 Å². The molecule has 0 saturated heterocycles. The van der Waals surface area contributed by atoms with Crippen LogP contribution in [0.5, 0.6) is 0 Å². The molecule has 0 aliphatic rings. The third-order valence-corrected chi connectivity index (χ3v) is 2.83. The molecule has 1 atom stereocenters. The highest BCUT2D eigenvalue weighted by Gasteiger charge is 2.20. The SMILES string of the molecule is CC(C)NCC(CCl)O[Si](C)(C)C. The predicted octanol–water partition coefficient (Wildman–Crippen LogP) is 2.44. The molecule has 80 valence electrons. The summed E-state index contributed by atoms with van der Waals surface area (Å²) in [6, 6.07) is 0.496. The van der Waals surface area contributed by atoms with Crippen LogP contribution in [0.4, 0.5) is 0 Å². The fourth-order valence-electron chi connectivity index (χ4n) is 0.995. The minimum Gasteiger partial charge on any atom is -0.412 e. The fourth-order valence-corrected chi connectivity index (χ4v) is 2.44. The lowest BCUT2D eigenvalue weighted by Gasteiger charge is -2.25. The second-order valence-corrected chi connectivity index (χ2v) is 9.34. The van der Waals surface area contributed by atoms with E-state index in [1.165, 1.54) is 0 Å². The number of hydrogen-bond donors (Lipinski definition) is 1. The summed E-state index contributed by atoms with van der Waals surface area (Å²) in [5.41, 5.74) is 0. The molecule has 0 spiro atoms. The summed E-state index contributed by atoms with van der Waals surface area (Å²) in [5, 5.41) is 3.33. The highest BCUT2D eigenvalue weighted by atomic mass is 35.5. The third-order valence-electron chi connectivity index (χ3n) is 1.45. The van der Waals surface area contributed by atoms with Crippen molar-refractivity contribution < 1.29 is 4.43 Å². The third kappa shape index (κ3) is 8.75. The summed E-state index contributed by atoms with van der Waals surface area (Å²) in [6.45, 7) is 11.6. The maximum Gasteiger partial charge on any atom is 0.184 e. The van der Waals surface area contributed by atoms with E-state index >= 15 is 0 Å². The topological polar surface area (TPSA) is 21.3 Å². The summed E-state index contributed by atoms with van der Waals surface area (Å²) in [6.07, 6.45) is 0.163. The zero-order valence-electron chi connectivity index (χ0n) is 9.36. The Morgan fingerprint density at radius 1 is 1.31 bits per heavy atom. The first-order chi connectivity index (χ1) is 5.85. The van der Waals surface area contributed by atoms with Gasteiger partial charge in [0, 0.05) is 18.5 Å². The Morgan fingerprint density at radius 3 is 2.15 bits per heavy atom. The van der Waals surface area contributed by atoms with Gasteiger partial charge in [0.1, 0.15) is 0 Å². The fraction of sp³-hybridized carbons (Fsp3) is 1.00. The van der Waals surface area contributed by atoms with Crippen LogP contribution in [-0.2, 0) is 4.43 Å². The zero-order valence-corrected chi connectivity index (χ0v) is 11.1. The molecule has 0 rings (SSSR count). The van der Waals surface area contributed by atoms with Crippen LogP contribution in [0.25, 0.3) is 0 Å². The molecule has 0 saturated carbocycles. The summed E-state index contributed by atoms with van der Waals surface area (Å²) < 4.78 is 5.88. The first-order valence-corrected chi connectivity index (χ1v) is 8.76. The smallest absolute Gasteiger partial charge is 0.184 e. The van der Waals surface area contributed by atoms with Gasteiger partial charge in [-0.3, -0.25) is 0 Å². The van der Waals surface area contributed by atoms with Gasteiger partial charge in [0.15, 0.2) is 8.32 Å². The van der Waals surface area contributed by atoms with E-state index < -0.39 is 8.32 Å². The van der Waals surface area contributed by atoms with Crippen molar-refractivity contribution in [3.8, 4) is 0 Å². The number of hydrogen-bond acceptors (Lipinski definition) is 2. The highest BCUT2D eigenvalue weighted by Crippen LogP contribution is 2.08. The van der Waals surface area contributed by atoms with Crippen molar-refractivity contribution in [2.24, 2.45) is 0 Å². The molecule has 4 heteroatoms. The van der Waals surface area contributed by atoms with Gasteiger partial charge in [0.25, 0.3) is 0 Å². The maximum atomic E-state index is 5.88. The molecule has 1 unspecified atom stereocenters. The summed E-state index contributed by atoms with van der Waals surface area (Å²) in [7, 11) is -1.44. The molecule has 0 heterocycles. The molecular formula is C9H22ClNOSi. The summed E-state index contributed by atoms with van der Waals surface area (Å²) >= 11 is 5.81. The van der Waals surface area contributed by atoms with Crippen molar-refractivity contribution in [2.45, 2.75) is 45.6 Å². The van der Waals surface area contributed by atoms with Gasteiger partial charge in [-0.25, -0.2) is 0 Å². The molecule has 0 aromatic rings. The lowest BCUT2D eigenvalue weighted by Crippen LogP contribution is -2.41. The van der Waals surface area contributed by atoms with Crippen molar-refractivity contribution >= 4 is 19.9 Å². The lowest BCUT2D eigenvalue weighted by molar-refractivity contribution is 0.209. The Labute approximate surface area is 88.1 Å². The van der Waals surface area contributed by atoms with Crippen molar-refractivity contribution in [1.82, 2.24) is 5.32 Å². The number of nitrogens with one attached hydrogen (secondary N) is 1. The zero-order chi connectivity index (χ0) is 10.5. The predicted molar refractivity (Wildman–Crippen MR) is 62.1 cm³/mol. The summed E-state index contributed by atoms with van der Waals surface area (Å²) in [5.74, 6) is 0.573. The maximum absolute atomic E-state index is 5.88. The van der Waals surface area contributed by atoms with E-state index in [1.54, 1.807) is 0 Å². The van der Waals surface area contributed by atoms with E-state index in [4.69, 9.17) is 16.0 Å². The van der Waals surface area contributed by atoms with Gasteiger partial charge in [-0.2, -0.15) is 0 Å². The molecule has 0 aliphatic carbocycles. The van der Waals surface area contributed by atoms with E-state index in [9.17, 15) is 0 Å². The molecular weight excluding hydrogens is 202 g/mol. The van der Waals surface area contributed by atoms with Crippen molar-refractivity contribution in [3.63, 3.8) is 0 Å². The Morgan fingerprint density at radius 2 is 1.85 bits per heavy atom. The minimum absolute atomic E-state index is 0.163. The number of alkyl halides is 1. The van der Waals surface area contributed by atoms with Gasteiger partial charge in [-0.15, -0.1) is 11.6 Å². The van der Waals surface area contributed by atoms with Gasteiger partial charge in [-0.1, -0.05) is 13.8 Å². The Kier molecular flexibility index (Phi) is 6.21. The van der Waals surface area contributed by atoms with Crippen LogP contribution < -0.4 is 5.32 Å². The van der Waals surface area contributed by atoms with E-state index in [2.05, 4.69) is 38.8 Å². The molecule has 0 aromatic carbocycles. The molecule has 0 radical (unpaired) electrons. The van der Waals surface area contributed by atoms with E-state index in [1.807, 2.05) is 0 Å². The number of halogens is 1. The van der Waals surface area contributed by atoms with Crippen molar-refractivity contribution in [2.75, 3.05) is 12.4 Å². The van der Waals surface area contributed by atoms with Crippen LogP contribution in [-0.4, -0.2) is 32.9 Å². The first kappa shape index (κ1) is 13.4. The summed E-state index contributed by atoms with van der Waals surface area (Å²) in [4.78, 5) is 0. The highest BCUT2D eigenvalue weighted by molar-refractivity contribution is 6.69. The normalized spacial score (nSPS) is 15.0. The molecule has 2 nitrogen and oxygen atoms in total. The second kappa shape index (κ2) is 6.01. The van der Waals surface area contributed by atoms with E-state index in [0.717, 1.165) is 6.54 Å². The number of rotatable bonds is 6. The van der Waals surface area contributed by atoms with E-state index in [-0.39, 0.29) is 6.10 Å². The van der Waals surface area contributed by atoms with Crippen LogP contribution in [0, 0.1) is 0 Å². The van der Waals surface area contributed by atoms with Crippen molar-refractivity contribution in [1.29, 1.82) is 0 Å². The molecule has 1 N–H and O–H groups in total. The van der Waals surface area contributed by atoms with Crippen LogP contribution in [0.2, 0.25) is 19.6 Å². The standard InChI is InChI=1S/C9H22ClNOSi/c1-8(2)11-7-9(6-10)12-13(3,4)5/h8-9,11H,6-7H2,1-5H3. The van der Waals surface area contributed by atoms with Crippen LogP contribution in [0.1, 0.15) is 13.8 Å².